The number of hydrogen-bond donors (Lipinski definition) is 2. The fraction of sp³-hybridized carbons (Fsp3) is 0.444. The Kier molecular flexibility index (Phi) is 6.69. The van der Waals surface area contributed by atoms with Crippen LogP contribution >= 0.6 is 0 Å². The van der Waals surface area contributed by atoms with E-state index in [1.165, 1.54) is 5.57 Å². The first-order valence-electron chi connectivity index (χ1n) is 7.14. The molecule has 0 unspecified atom stereocenters. The van der Waals surface area contributed by atoms with Gasteiger partial charge in [0.2, 0.25) is 0 Å². The highest BCUT2D eigenvalue weighted by atomic mass is 16.3. The molecule has 0 spiro atoms. The molecule has 0 heterocycles. The maximum absolute atomic E-state index is 10.7. The lowest BCUT2D eigenvalue weighted by molar-refractivity contribution is 0.0639. The summed E-state index contributed by atoms with van der Waals surface area (Å²) in [4.78, 5) is 0. The van der Waals surface area contributed by atoms with Gasteiger partial charge in [0.1, 0.15) is 0 Å². The summed E-state index contributed by atoms with van der Waals surface area (Å²) in [5.41, 5.74) is 1.82. The highest BCUT2D eigenvalue weighted by Gasteiger charge is 2.30. The predicted molar refractivity (Wildman–Crippen MR) is 84.4 cm³/mol. The molecule has 2 nitrogen and oxygen atoms in total. The van der Waals surface area contributed by atoms with E-state index in [4.69, 9.17) is 5.11 Å². The van der Waals surface area contributed by atoms with Gasteiger partial charge in [-0.25, -0.2) is 0 Å². The second-order valence-corrected chi connectivity index (χ2v) is 5.72. The van der Waals surface area contributed by atoms with E-state index in [1.54, 1.807) is 6.08 Å². The molecule has 1 aromatic carbocycles. The standard InChI is InChI=1S/C18H26O2/c1-15(2)9-7-12-18(3,13-8-14-19)17(20)16-10-5-4-6-11-16/h4-6,8-11,13,17,19-20H,7,12,14H2,1-3H3/b13-8+/t17-,18+/m1/s1. The van der Waals surface area contributed by atoms with Crippen LogP contribution in [0.5, 0.6) is 0 Å². The Hall–Kier alpha value is -1.38. The Morgan fingerprint density at radius 2 is 1.90 bits per heavy atom. The number of rotatable bonds is 7. The van der Waals surface area contributed by atoms with Crippen LogP contribution < -0.4 is 0 Å². The van der Waals surface area contributed by atoms with Crippen LogP contribution in [0.15, 0.2) is 54.1 Å². The third-order valence-electron chi connectivity index (χ3n) is 3.58. The second kappa shape index (κ2) is 8.03. The first-order valence-corrected chi connectivity index (χ1v) is 7.14. The van der Waals surface area contributed by atoms with Crippen LogP contribution in [-0.4, -0.2) is 16.8 Å². The Bertz CT molecular complexity index is 444. The van der Waals surface area contributed by atoms with Gasteiger partial charge in [0.15, 0.2) is 0 Å². The molecule has 0 aliphatic heterocycles. The fourth-order valence-electron chi connectivity index (χ4n) is 2.32. The van der Waals surface area contributed by atoms with Crippen molar-refractivity contribution < 1.29 is 10.2 Å². The summed E-state index contributed by atoms with van der Waals surface area (Å²) in [6.45, 7) is 6.19. The van der Waals surface area contributed by atoms with Crippen molar-refractivity contribution in [1.29, 1.82) is 0 Å². The topological polar surface area (TPSA) is 40.5 Å². The molecule has 110 valence electrons. The SMILES string of the molecule is CC(C)=CCC[C@@](C)(/C=C/CO)[C@H](O)c1ccccc1. The van der Waals surface area contributed by atoms with Gasteiger partial charge >= 0.3 is 0 Å². The molecule has 20 heavy (non-hydrogen) atoms. The maximum atomic E-state index is 10.7. The lowest BCUT2D eigenvalue weighted by atomic mass is 9.76. The van der Waals surface area contributed by atoms with Gasteiger partial charge in [-0.15, -0.1) is 0 Å². The lowest BCUT2D eigenvalue weighted by Gasteiger charge is -2.32. The van der Waals surface area contributed by atoms with Gasteiger partial charge in [0, 0.05) is 5.41 Å². The largest absolute Gasteiger partial charge is 0.392 e. The van der Waals surface area contributed by atoms with Crippen LogP contribution in [0.4, 0.5) is 0 Å². The third kappa shape index (κ3) is 4.95. The summed E-state index contributed by atoms with van der Waals surface area (Å²) in [5, 5.41) is 19.7. The number of allylic oxidation sites excluding steroid dienone is 2. The van der Waals surface area contributed by atoms with Crippen LogP contribution in [0.25, 0.3) is 0 Å². The smallest absolute Gasteiger partial charge is 0.0878 e. The quantitative estimate of drug-likeness (QED) is 0.737. The first-order chi connectivity index (χ1) is 9.49. The van der Waals surface area contributed by atoms with E-state index in [2.05, 4.69) is 19.9 Å². The first kappa shape index (κ1) is 16.7. The van der Waals surface area contributed by atoms with E-state index in [0.717, 1.165) is 18.4 Å². The van der Waals surface area contributed by atoms with Crippen LogP contribution in [0.3, 0.4) is 0 Å². The summed E-state index contributed by atoms with van der Waals surface area (Å²) < 4.78 is 0. The summed E-state index contributed by atoms with van der Waals surface area (Å²) in [5.74, 6) is 0. The minimum Gasteiger partial charge on any atom is -0.392 e. The molecule has 1 rings (SSSR count). The minimum atomic E-state index is -0.572. The molecule has 0 aliphatic carbocycles. The normalized spacial score (nSPS) is 15.8. The number of aliphatic hydroxyl groups is 2. The van der Waals surface area contributed by atoms with Crippen LogP contribution in [-0.2, 0) is 0 Å². The molecule has 2 heteroatoms. The average molecular weight is 274 g/mol. The lowest BCUT2D eigenvalue weighted by Crippen LogP contribution is -2.23. The maximum Gasteiger partial charge on any atom is 0.0878 e. The van der Waals surface area contributed by atoms with E-state index < -0.39 is 6.10 Å². The molecular weight excluding hydrogens is 248 g/mol. The van der Waals surface area contributed by atoms with Gasteiger partial charge < -0.3 is 10.2 Å². The third-order valence-corrected chi connectivity index (χ3v) is 3.58. The Labute approximate surface area is 122 Å². The zero-order chi connectivity index (χ0) is 15.0. The van der Waals surface area contributed by atoms with Gasteiger partial charge in [-0.3, -0.25) is 0 Å². The highest BCUT2D eigenvalue weighted by molar-refractivity contribution is 5.22. The Morgan fingerprint density at radius 1 is 1.25 bits per heavy atom. The van der Waals surface area contributed by atoms with Crippen LogP contribution in [0.1, 0.15) is 45.3 Å². The summed E-state index contributed by atoms with van der Waals surface area (Å²) in [6.07, 6.45) is 7.02. The fourth-order valence-corrected chi connectivity index (χ4v) is 2.32. The van der Waals surface area contributed by atoms with Gasteiger partial charge in [-0.1, -0.05) is 61.1 Å². The van der Waals surface area contributed by atoms with Crippen molar-refractivity contribution in [3.8, 4) is 0 Å². The molecule has 0 aliphatic rings. The molecule has 0 aromatic heterocycles. The molecule has 0 fully saturated rings. The van der Waals surface area contributed by atoms with E-state index in [9.17, 15) is 5.11 Å². The second-order valence-electron chi connectivity index (χ2n) is 5.72. The molecule has 0 amide bonds. The Morgan fingerprint density at radius 3 is 2.45 bits per heavy atom. The van der Waals surface area contributed by atoms with Crippen molar-refractivity contribution >= 4 is 0 Å². The predicted octanol–water partition coefficient (Wildman–Crippen LogP) is 4.02. The van der Waals surface area contributed by atoms with Crippen molar-refractivity contribution in [2.45, 2.75) is 39.7 Å². The van der Waals surface area contributed by atoms with Crippen molar-refractivity contribution in [2.75, 3.05) is 6.61 Å². The van der Waals surface area contributed by atoms with Gasteiger partial charge in [0.25, 0.3) is 0 Å². The van der Waals surface area contributed by atoms with Gasteiger partial charge in [0.05, 0.1) is 12.7 Å². The Balaban J connectivity index is 2.92. The molecule has 0 radical (unpaired) electrons. The summed E-state index contributed by atoms with van der Waals surface area (Å²) in [7, 11) is 0. The van der Waals surface area contributed by atoms with Gasteiger partial charge in [-0.2, -0.15) is 0 Å². The van der Waals surface area contributed by atoms with E-state index in [-0.39, 0.29) is 12.0 Å². The minimum absolute atomic E-state index is 0.000253. The van der Waals surface area contributed by atoms with Crippen molar-refractivity contribution in [2.24, 2.45) is 5.41 Å². The van der Waals surface area contributed by atoms with Crippen LogP contribution in [0, 0.1) is 5.41 Å². The van der Waals surface area contributed by atoms with Crippen LogP contribution in [0.2, 0.25) is 0 Å². The van der Waals surface area contributed by atoms with E-state index >= 15 is 0 Å². The summed E-state index contributed by atoms with van der Waals surface area (Å²) in [6, 6.07) is 9.70. The highest BCUT2D eigenvalue weighted by Crippen LogP contribution is 2.39. The number of hydrogen-bond acceptors (Lipinski definition) is 2. The molecule has 0 bridgehead atoms. The monoisotopic (exact) mass is 274 g/mol. The molecule has 0 saturated heterocycles. The molecule has 2 N–H and O–H groups in total. The van der Waals surface area contributed by atoms with E-state index in [1.807, 2.05) is 43.3 Å². The van der Waals surface area contributed by atoms with Crippen molar-refractivity contribution in [3.05, 3.63) is 59.7 Å². The molecule has 1 aromatic rings. The zero-order valence-electron chi connectivity index (χ0n) is 12.7. The molecule has 2 atom stereocenters. The average Bonchev–Trinajstić information content (AvgIpc) is 2.45. The summed E-state index contributed by atoms with van der Waals surface area (Å²) >= 11 is 0. The molecule has 0 saturated carbocycles. The molecular formula is C18H26O2. The number of benzene rings is 1. The van der Waals surface area contributed by atoms with Crippen molar-refractivity contribution in [1.82, 2.24) is 0 Å². The van der Waals surface area contributed by atoms with Crippen molar-refractivity contribution in [3.63, 3.8) is 0 Å². The van der Waals surface area contributed by atoms with E-state index in [0.29, 0.717) is 0 Å². The number of aliphatic hydroxyl groups excluding tert-OH is 2. The zero-order valence-corrected chi connectivity index (χ0v) is 12.7. The van der Waals surface area contributed by atoms with Gasteiger partial charge in [-0.05, 0) is 32.3 Å².